The van der Waals surface area contributed by atoms with Crippen LogP contribution in [0.1, 0.15) is 54.0 Å². The average molecular weight is 542 g/mol. The summed E-state index contributed by atoms with van der Waals surface area (Å²) in [5.41, 5.74) is 4.86. The van der Waals surface area contributed by atoms with Crippen LogP contribution in [0.15, 0.2) is 84.2 Å². The number of benzene rings is 3. The van der Waals surface area contributed by atoms with E-state index in [4.69, 9.17) is 4.74 Å². The number of rotatable bonds is 8. The summed E-state index contributed by atoms with van der Waals surface area (Å²) in [6.45, 7) is 9.51. The normalized spacial score (nSPS) is 19.1. The van der Waals surface area contributed by atoms with E-state index in [9.17, 15) is 9.90 Å². The van der Waals surface area contributed by atoms with E-state index in [0.29, 0.717) is 24.4 Å². The Balaban J connectivity index is 1.41. The van der Waals surface area contributed by atoms with Crippen LogP contribution in [0.2, 0.25) is 0 Å². The molecule has 7 heteroatoms. The van der Waals surface area contributed by atoms with Gasteiger partial charge in [0.1, 0.15) is 10.8 Å². The average Bonchev–Trinajstić information content (AvgIpc) is 3.43. The molecule has 1 saturated heterocycles. The molecule has 1 N–H and O–H groups in total. The summed E-state index contributed by atoms with van der Waals surface area (Å²) in [4.78, 5) is 21.7. The minimum Gasteiger partial charge on any atom is -0.508 e. The van der Waals surface area contributed by atoms with Gasteiger partial charge in [-0.25, -0.2) is 9.78 Å². The zero-order valence-electron chi connectivity index (χ0n) is 22.7. The van der Waals surface area contributed by atoms with Gasteiger partial charge in [0.05, 0.1) is 12.6 Å². The number of aromatic nitrogens is 1. The molecule has 0 spiro atoms. The second kappa shape index (κ2) is 12.1. The molecular formula is C32H35N3O3S. The highest BCUT2D eigenvalue weighted by Crippen LogP contribution is 2.36. The third-order valence-corrected chi connectivity index (χ3v) is 8.26. The van der Waals surface area contributed by atoms with Crippen LogP contribution in [0.25, 0.3) is 10.6 Å². The first-order chi connectivity index (χ1) is 18.9. The Labute approximate surface area is 234 Å². The lowest BCUT2D eigenvalue weighted by molar-refractivity contribution is 0.0195. The molecule has 4 aromatic rings. The predicted molar refractivity (Wildman–Crippen MR) is 156 cm³/mol. The summed E-state index contributed by atoms with van der Waals surface area (Å²) in [5.74, 6) is -0.123. The second-order valence-electron chi connectivity index (χ2n) is 10.2. The Morgan fingerprint density at radius 3 is 2.49 bits per heavy atom. The van der Waals surface area contributed by atoms with E-state index < -0.39 is 5.97 Å². The number of piperazine rings is 1. The van der Waals surface area contributed by atoms with E-state index in [1.165, 1.54) is 16.9 Å². The lowest BCUT2D eigenvalue weighted by Gasteiger charge is -2.47. The van der Waals surface area contributed by atoms with Crippen LogP contribution in [0.3, 0.4) is 0 Å². The molecule has 39 heavy (non-hydrogen) atoms. The largest absolute Gasteiger partial charge is 0.508 e. The molecule has 3 atom stereocenters. The number of hydrogen-bond donors (Lipinski definition) is 1. The van der Waals surface area contributed by atoms with Crippen molar-refractivity contribution < 1.29 is 14.6 Å². The fourth-order valence-corrected chi connectivity index (χ4v) is 6.20. The molecule has 0 amide bonds. The van der Waals surface area contributed by atoms with Crippen LogP contribution in [0.4, 0.5) is 0 Å². The van der Waals surface area contributed by atoms with Crippen molar-refractivity contribution in [2.24, 2.45) is 0 Å². The topological polar surface area (TPSA) is 65.9 Å². The minimum atomic E-state index is -0.393. The maximum Gasteiger partial charge on any atom is 0.357 e. The number of phenolic OH excluding ortho intramolecular Hbond substituents is 1. The summed E-state index contributed by atoms with van der Waals surface area (Å²) in [5, 5.41) is 12.9. The van der Waals surface area contributed by atoms with Gasteiger partial charge in [-0.05, 0) is 49.6 Å². The first-order valence-electron chi connectivity index (χ1n) is 13.5. The number of carbonyl (C=O) groups is 1. The maximum absolute atomic E-state index is 12.1. The molecule has 202 valence electrons. The zero-order valence-corrected chi connectivity index (χ0v) is 23.5. The van der Waals surface area contributed by atoms with Crippen LogP contribution in [-0.4, -0.2) is 57.6 Å². The molecule has 1 aliphatic rings. The number of phenols is 1. The molecule has 0 radical (unpaired) electrons. The Hall–Kier alpha value is -3.52. The van der Waals surface area contributed by atoms with Crippen molar-refractivity contribution >= 4 is 17.3 Å². The van der Waals surface area contributed by atoms with E-state index in [2.05, 4.69) is 89.3 Å². The highest BCUT2D eigenvalue weighted by molar-refractivity contribution is 7.13. The number of carbonyl (C=O) groups excluding carboxylic acids is 1. The maximum atomic E-state index is 12.1. The monoisotopic (exact) mass is 541 g/mol. The van der Waals surface area contributed by atoms with Crippen LogP contribution < -0.4 is 0 Å². The van der Waals surface area contributed by atoms with E-state index >= 15 is 0 Å². The fraction of sp³-hybridized carbons (Fsp3) is 0.312. The van der Waals surface area contributed by atoms with E-state index in [1.807, 2.05) is 12.1 Å². The summed E-state index contributed by atoms with van der Waals surface area (Å²) in [7, 11) is 0. The number of hydrogen-bond acceptors (Lipinski definition) is 7. The van der Waals surface area contributed by atoms with Gasteiger partial charge in [0.2, 0.25) is 0 Å². The van der Waals surface area contributed by atoms with Gasteiger partial charge < -0.3 is 9.84 Å². The molecule has 1 fully saturated rings. The number of esters is 1. The van der Waals surface area contributed by atoms with Crippen LogP contribution in [0, 0.1) is 0 Å². The SMILES string of the molecule is CCOC(=O)c1csc(-c2ccc(C(c3cccc(O)c3)N3CC(C)N(Cc4ccccc4)CC3C)cc2)n1. The van der Waals surface area contributed by atoms with Crippen molar-refractivity contribution in [3.63, 3.8) is 0 Å². The molecular weight excluding hydrogens is 506 g/mol. The molecule has 2 heterocycles. The molecule has 0 bridgehead atoms. The van der Waals surface area contributed by atoms with Gasteiger partial charge in [-0.1, -0.05) is 66.7 Å². The predicted octanol–water partition coefficient (Wildman–Crippen LogP) is 6.38. The van der Waals surface area contributed by atoms with Crippen molar-refractivity contribution in [3.05, 3.63) is 107 Å². The van der Waals surface area contributed by atoms with Gasteiger partial charge in [0, 0.05) is 42.7 Å². The lowest BCUT2D eigenvalue weighted by Crippen LogP contribution is -2.56. The van der Waals surface area contributed by atoms with Gasteiger partial charge >= 0.3 is 5.97 Å². The third-order valence-electron chi connectivity index (χ3n) is 7.37. The zero-order chi connectivity index (χ0) is 27.4. The first kappa shape index (κ1) is 27.1. The van der Waals surface area contributed by atoms with E-state index in [-0.39, 0.29) is 11.8 Å². The van der Waals surface area contributed by atoms with Gasteiger partial charge in [0.25, 0.3) is 0 Å². The fourth-order valence-electron chi connectivity index (χ4n) is 5.41. The Kier molecular flexibility index (Phi) is 8.41. The summed E-state index contributed by atoms with van der Waals surface area (Å²) >= 11 is 1.44. The standard InChI is InChI=1S/C32H35N3O3S/c1-4-38-32(37)29-21-39-31(33-29)26-15-13-25(14-16-26)30(27-11-8-12-28(36)17-27)35-19-22(2)34(18-23(35)3)20-24-9-6-5-7-10-24/h5-17,21-23,30,36H,4,18-20H2,1-3H3. The van der Waals surface area contributed by atoms with Crippen molar-refractivity contribution in [1.82, 2.24) is 14.8 Å². The Morgan fingerprint density at radius 2 is 1.77 bits per heavy atom. The van der Waals surface area contributed by atoms with Crippen LogP contribution >= 0.6 is 11.3 Å². The lowest BCUT2D eigenvalue weighted by atomic mass is 9.92. The number of aromatic hydroxyl groups is 1. The second-order valence-corrected chi connectivity index (χ2v) is 11.0. The Bertz CT molecular complexity index is 1390. The number of nitrogens with zero attached hydrogens (tertiary/aromatic N) is 3. The summed E-state index contributed by atoms with van der Waals surface area (Å²) in [6, 6.07) is 27.4. The molecule has 1 aromatic heterocycles. The first-order valence-corrected chi connectivity index (χ1v) is 14.4. The van der Waals surface area contributed by atoms with Gasteiger partial charge in [-0.2, -0.15) is 0 Å². The highest BCUT2D eigenvalue weighted by atomic mass is 32.1. The molecule has 1 aliphatic heterocycles. The quantitative estimate of drug-likeness (QED) is 0.261. The van der Waals surface area contributed by atoms with Crippen molar-refractivity contribution in [2.75, 3.05) is 19.7 Å². The molecule has 0 saturated carbocycles. The molecule has 0 aliphatic carbocycles. The summed E-state index contributed by atoms with van der Waals surface area (Å²) < 4.78 is 5.09. The number of ether oxygens (including phenoxy) is 1. The van der Waals surface area contributed by atoms with Gasteiger partial charge in [-0.3, -0.25) is 9.80 Å². The third kappa shape index (κ3) is 6.22. The number of thiazole rings is 1. The Morgan fingerprint density at radius 1 is 1.00 bits per heavy atom. The molecule has 5 rings (SSSR count). The smallest absolute Gasteiger partial charge is 0.357 e. The molecule has 6 nitrogen and oxygen atoms in total. The van der Waals surface area contributed by atoms with E-state index in [0.717, 1.165) is 41.3 Å². The van der Waals surface area contributed by atoms with Crippen LogP contribution in [-0.2, 0) is 11.3 Å². The molecule has 3 aromatic carbocycles. The van der Waals surface area contributed by atoms with Crippen molar-refractivity contribution in [3.8, 4) is 16.3 Å². The van der Waals surface area contributed by atoms with Gasteiger partial charge in [0.15, 0.2) is 5.69 Å². The summed E-state index contributed by atoms with van der Waals surface area (Å²) in [6.07, 6.45) is 0. The van der Waals surface area contributed by atoms with E-state index in [1.54, 1.807) is 18.4 Å². The minimum absolute atomic E-state index is 0.00568. The highest BCUT2D eigenvalue weighted by Gasteiger charge is 2.35. The van der Waals surface area contributed by atoms with Crippen LogP contribution in [0.5, 0.6) is 5.75 Å². The van der Waals surface area contributed by atoms with Crippen molar-refractivity contribution in [1.29, 1.82) is 0 Å². The van der Waals surface area contributed by atoms with Gasteiger partial charge in [-0.15, -0.1) is 11.3 Å². The van der Waals surface area contributed by atoms with Crippen molar-refractivity contribution in [2.45, 2.75) is 45.4 Å². The molecule has 3 unspecified atom stereocenters.